The number of aliphatic hydroxyl groups is 1. The molecule has 3 nitrogen and oxygen atoms in total. The minimum atomic E-state index is -0.0315. The van der Waals surface area contributed by atoms with Gasteiger partial charge in [0, 0.05) is 15.6 Å². The Morgan fingerprint density at radius 3 is 2.60 bits per heavy atom. The first-order valence-electron chi connectivity index (χ1n) is 6.29. The summed E-state index contributed by atoms with van der Waals surface area (Å²) in [5.74, 6) is 1.49. The van der Waals surface area contributed by atoms with Crippen molar-refractivity contribution in [3.05, 3.63) is 57.6 Å². The lowest BCUT2D eigenvalue weighted by Crippen LogP contribution is -2.00. The van der Waals surface area contributed by atoms with Gasteiger partial charge >= 0.3 is 0 Å². The van der Waals surface area contributed by atoms with Gasteiger partial charge in [-0.25, -0.2) is 0 Å². The number of methoxy groups -OCH3 is 1. The highest BCUT2D eigenvalue weighted by Gasteiger charge is 2.06. The molecule has 20 heavy (non-hydrogen) atoms. The number of aryl methyl sites for hydroxylation is 1. The molecule has 0 bridgehead atoms. The van der Waals surface area contributed by atoms with Gasteiger partial charge in [0.2, 0.25) is 0 Å². The maximum Gasteiger partial charge on any atom is 0.125 e. The Kier molecular flexibility index (Phi) is 5.04. The van der Waals surface area contributed by atoms with E-state index >= 15 is 0 Å². The van der Waals surface area contributed by atoms with Crippen LogP contribution in [0.3, 0.4) is 0 Å². The number of ether oxygens (including phenoxy) is 2. The second-order valence-corrected chi connectivity index (χ2v) is 5.37. The Labute approximate surface area is 127 Å². The van der Waals surface area contributed by atoms with Gasteiger partial charge in [-0.1, -0.05) is 33.6 Å². The number of hydrogen-bond acceptors (Lipinski definition) is 3. The maximum absolute atomic E-state index is 9.37. The molecule has 0 radical (unpaired) electrons. The lowest BCUT2D eigenvalue weighted by Gasteiger charge is -2.12. The van der Waals surface area contributed by atoms with Crippen LogP contribution in [0.1, 0.15) is 16.7 Å². The first-order chi connectivity index (χ1) is 9.63. The van der Waals surface area contributed by atoms with Gasteiger partial charge in [0.25, 0.3) is 0 Å². The van der Waals surface area contributed by atoms with Crippen molar-refractivity contribution >= 4 is 15.9 Å². The van der Waals surface area contributed by atoms with Gasteiger partial charge in [-0.05, 0) is 31.2 Å². The number of rotatable bonds is 5. The highest BCUT2D eigenvalue weighted by atomic mass is 79.9. The second kappa shape index (κ2) is 6.77. The number of hydrogen-bond donors (Lipinski definition) is 1. The van der Waals surface area contributed by atoms with Crippen molar-refractivity contribution in [2.45, 2.75) is 20.1 Å². The quantitative estimate of drug-likeness (QED) is 0.901. The zero-order chi connectivity index (χ0) is 14.5. The summed E-state index contributed by atoms with van der Waals surface area (Å²) >= 11 is 3.50. The second-order valence-electron chi connectivity index (χ2n) is 4.52. The molecule has 0 atom stereocenters. The Morgan fingerprint density at radius 1 is 1.10 bits per heavy atom. The average molecular weight is 337 g/mol. The summed E-state index contributed by atoms with van der Waals surface area (Å²) in [6.45, 7) is 2.37. The fraction of sp³-hybridized carbons (Fsp3) is 0.250. The summed E-state index contributed by atoms with van der Waals surface area (Å²) in [5.41, 5.74) is 2.89. The van der Waals surface area contributed by atoms with Gasteiger partial charge in [0.15, 0.2) is 0 Å². The van der Waals surface area contributed by atoms with Crippen LogP contribution in [0.4, 0.5) is 0 Å². The predicted molar refractivity (Wildman–Crippen MR) is 82.1 cm³/mol. The molecule has 0 aliphatic carbocycles. The van der Waals surface area contributed by atoms with E-state index < -0.39 is 0 Å². The highest BCUT2D eigenvalue weighted by Crippen LogP contribution is 2.26. The summed E-state index contributed by atoms with van der Waals surface area (Å²) in [4.78, 5) is 0. The topological polar surface area (TPSA) is 38.7 Å². The molecule has 0 amide bonds. The molecule has 4 heteroatoms. The van der Waals surface area contributed by atoms with Crippen molar-refractivity contribution in [1.29, 1.82) is 0 Å². The highest BCUT2D eigenvalue weighted by molar-refractivity contribution is 9.10. The Morgan fingerprint density at radius 2 is 1.90 bits per heavy atom. The summed E-state index contributed by atoms with van der Waals surface area (Å²) in [6.07, 6.45) is 0. The van der Waals surface area contributed by atoms with Crippen LogP contribution in [0.15, 0.2) is 40.9 Å². The third-order valence-electron chi connectivity index (χ3n) is 3.02. The molecule has 2 rings (SSSR count). The lowest BCUT2D eigenvalue weighted by atomic mass is 10.1. The van der Waals surface area contributed by atoms with E-state index in [4.69, 9.17) is 9.47 Å². The molecule has 0 fully saturated rings. The Hall–Kier alpha value is -1.52. The summed E-state index contributed by atoms with van der Waals surface area (Å²) in [7, 11) is 1.64. The van der Waals surface area contributed by atoms with Gasteiger partial charge in [0.05, 0.1) is 13.7 Å². The first kappa shape index (κ1) is 14.9. The van der Waals surface area contributed by atoms with E-state index in [-0.39, 0.29) is 6.61 Å². The largest absolute Gasteiger partial charge is 0.497 e. The van der Waals surface area contributed by atoms with Crippen LogP contribution >= 0.6 is 15.9 Å². The number of aliphatic hydroxyl groups excluding tert-OH is 1. The van der Waals surface area contributed by atoms with Crippen molar-refractivity contribution in [3.63, 3.8) is 0 Å². The van der Waals surface area contributed by atoms with Gasteiger partial charge in [-0.15, -0.1) is 0 Å². The normalized spacial score (nSPS) is 10.4. The molecular weight excluding hydrogens is 320 g/mol. The van der Waals surface area contributed by atoms with Gasteiger partial charge < -0.3 is 14.6 Å². The van der Waals surface area contributed by atoms with E-state index in [9.17, 15) is 5.11 Å². The molecule has 2 aromatic carbocycles. The molecule has 1 N–H and O–H groups in total. The molecule has 0 spiro atoms. The standard InChI is InChI=1S/C16H17BrO3/c1-11-3-6-16(12(7-11)9-18)20-10-13-8-14(19-2)4-5-15(13)17/h3-8,18H,9-10H2,1-2H3. The van der Waals surface area contributed by atoms with Crippen LogP contribution in [-0.2, 0) is 13.2 Å². The Balaban J connectivity index is 2.16. The molecule has 0 aromatic heterocycles. The first-order valence-corrected chi connectivity index (χ1v) is 7.09. The molecule has 0 heterocycles. The zero-order valence-electron chi connectivity index (χ0n) is 11.5. The van der Waals surface area contributed by atoms with Crippen molar-refractivity contribution in [3.8, 4) is 11.5 Å². The SMILES string of the molecule is COc1ccc(Br)c(COc2ccc(C)cc2CO)c1. The number of halogens is 1. The molecular formula is C16H17BrO3. The average Bonchev–Trinajstić information content (AvgIpc) is 2.47. The van der Waals surface area contributed by atoms with Crippen LogP contribution < -0.4 is 9.47 Å². The van der Waals surface area contributed by atoms with E-state index in [0.29, 0.717) is 12.4 Å². The summed E-state index contributed by atoms with van der Waals surface area (Å²) in [6, 6.07) is 11.5. The summed E-state index contributed by atoms with van der Waals surface area (Å²) in [5, 5.41) is 9.37. The van der Waals surface area contributed by atoms with Crippen LogP contribution in [0.5, 0.6) is 11.5 Å². The molecule has 0 saturated heterocycles. The molecule has 2 aromatic rings. The maximum atomic E-state index is 9.37. The fourth-order valence-electron chi connectivity index (χ4n) is 1.92. The zero-order valence-corrected chi connectivity index (χ0v) is 13.1. The van der Waals surface area contributed by atoms with Crippen molar-refractivity contribution in [1.82, 2.24) is 0 Å². The summed E-state index contributed by atoms with van der Waals surface area (Å²) < 4.78 is 12.0. The van der Waals surface area contributed by atoms with Crippen LogP contribution in [0, 0.1) is 6.92 Å². The Bertz CT molecular complexity index is 596. The third-order valence-corrected chi connectivity index (χ3v) is 3.80. The van der Waals surface area contributed by atoms with E-state index in [1.807, 2.05) is 43.3 Å². The fourth-order valence-corrected chi connectivity index (χ4v) is 2.28. The molecule has 0 aliphatic rings. The van der Waals surface area contributed by atoms with E-state index in [1.165, 1.54) is 0 Å². The van der Waals surface area contributed by atoms with Crippen LogP contribution in [-0.4, -0.2) is 12.2 Å². The predicted octanol–water partition coefficient (Wildman–Crippen LogP) is 3.84. The van der Waals surface area contributed by atoms with E-state index in [1.54, 1.807) is 7.11 Å². The van der Waals surface area contributed by atoms with Gasteiger partial charge in [-0.3, -0.25) is 0 Å². The minimum absolute atomic E-state index is 0.0315. The number of benzene rings is 2. The van der Waals surface area contributed by atoms with E-state index in [0.717, 1.165) is 26.9 Å². The molecule has 0 unspecified atom stereocenters. The van der Waals surface area contributed by atoms with Gasteiger partial charge in [-0.2, -0.15) is 0 Å². The molecule has 0 saturated carbocycles. The minimum Gasteiger partial charge on any atom is -0.497 e. The van der Waals surface area contributed by atoms with Crippen LogP contribution in [0.2, 0.25) is 0 Å². The lowest BCUT2D eigenvalue weighted by molar-refractivity contribution is 0.258. The van der Waals surface area contributed by atoms with Crippen molar-refractivity contribution in [2.75, 3.05) is 7.11 Å². The smallest absolute Gasteiger partial charge is 0.125 e. The van der Waals surface area contributed by atoms with Gasteiger partial charge in [0.1, 0.15) is 18.1 Å². The monoisotopic (exact) mass is 336 g/mol. The van der Waals surface area contributed by atoms with Crippen molar-refractivity contribution < 1.29 is 14.6 Å². The van der Waals surface area contributed by atoms with Crippen molar-refractivity contribution in [2.24, 2.45) is 0 Å². The van der Waals surface area contributed by atoms with E-state index in [2.05, 4.69) is 15.9 Å². The third kappa shape index (κ3) is 3.52. The van der Waals surface area contributed by atoms with Crippen LogP contribution in [0.25, 0.3) is 0 Å². The molecule has 0 aliphatic heterocycles. The molecule has 106 valence electrons.